The summed E-state index contributed by atoms with van der Waals surface area (Å²) in [6, 6.07) is 3.45. The minimum Gasteiger partial charge on any atom is -0.508 e. The highest BCUT2D eigenvalue weighted by Gasteiger charge is 2.34. The molecule has 0 aliphatic heterocycles. The third-order valence-corrected chi connectivity index (χ3v) is 3.29. The highest BCUT2D eigenvalue weighted by atomic mass is 16.6. The van der Waals surface area contributed by atoms with Crippen LogP contribution >= 0.6 is 0 Å². The molecule has 6 nitrogen and oxygen atoms in total. The van der Waals surface area contributed by atoms with Gasteiger partial charge < -0.3 is 10.4 Å². The number of nitro benzene ring substituents is 1. The number of nitrogens with zero attached hydrogens (tertiary/aromatic N) is 1. The van der Waals surface area contributed by atoms with Crippen molar-refractivity contribution in [2.75, 3.05) is 0 Å². The summed E-state index contributed by atoms with van der Waals surface area (Å²) in [7, 11) is 0. The Balaban J connectivity index is 2.28. The van der Waals surface area contributed by atoms with Crippen molar-refractivity contribution in [3.63, 3.8) is 0 Å². The summed E-state index contributed by atoms with van der Waals surface area (Å²) in [6.45, 7) is 1.91. The van der Waals surface area contributed by atoms with Gasteiger partial charge in [0, 0.05) is 11.6 Å². The number of benzene rings is 1. The van der Waals surface area contributed by atoms with E-state index in [9.17, 15) is 20.0 Å². The van der Waals surface area contributed by atoms with Crippen molar-refractivity contribution in [2.45, 2.75) is 31.7 Å². The van der Waals surface area contributed by atoms with Crippen LogP contribution < -0.4 is 5.32 Å². The van der Waals surface area contributed by atoms with Crippen molar-refractivity contribution >= 4 is 11.6 Å². The summed E-state index contributed by atoms with van der Waals surface area (Å²) in [4.78, 5) is 22.2. The van der Waals surface area contributed by atoms with Crippen LogP contribution in [0.1, 0.15) is 36.5 Å². The summed E-state index contributed by atoms with van der Waals surface area (Å²) >= 11 is 0. The lowest BCUT2D eigenvalue weighted by Crippen LogP contribution is -2.51. The molecule has 0 aromatic heterocycles. The van der Waals surface area contributed by atoms with Gasteiger partial charge in [0.05, 0.1) is 4.92 Å². The van der Waals surface area contributed by atoms with Crippen LogP contribution in [-0.4, -0.2) is 21.5 Å². The molecule has 0 radical (unpaired) electrons. The molecule has 0 spiro atoms. The van der Waals surface area contributed by atoms with Gasteiger partial charge in [0.1, 0.15) is 11.3 Å². The van der Waals surface area contributed by atoms with Gasteiger partial charge in [-0.05, 0) is 38.3 Å². The van der Waals surface area contributed by atoms with Gasteiger partial charge in [0.25, 0.3) is 11.6 Å². The Morgan fingerprint density at radius 3 is 2.67 bits per heavy atom. The summed E-state index contributed by atoms with van der Waals surface area (Å²) in [5.74, 6) is -0.677. The summed E-state index contributed by atoms with van der Waals surface area (Å²) in [5.41, 5.74) is -0.683. The van der Waals surface area contributed by atoms with Gasteiger partial charge in [-0.2, -0.15) is 0 Å². The molecule has 1 aliphatic rings. The number of nitro groups is 1. The number of phenolic OH excluding ortho intramolecular Hbond substituents is 1. The number of carbonyl (C=O) groups is 1. The average molecular weight is 250 g/mol. The first kappa shape index (κ1) is 12.3. The molecule has 1 aromatic carbocycles. The van der Waals surface area contributed by atoms with Gasteiger partial charge in [-0.15, -0.1) is 0 Å². The molecular weight excluding hydrogens is 236 g/mol. The molecule has 0 heterocycles. The lowest BCUT2D eigenvalue weighted by atomic mass is 9.78. The Kier molecular flexibility index (Phi) is 2.94. The van der Waals surface area contributed by atoms with Crippen molar-refractivity contribution in [3.05, 3.63) is 33.9 Å². The average Bonchev–Trinajstić information content (AvgIpc) is 2.26. The van der Waals surface area contributed by atoms with Crippen molar-refractivity contribution in [1.82, 2.24) is 5.32 Å². The van der Waals surface area contributed by atoms with E-state index in [1.54, 1.807) is 0 Å². The van der Waals surface area contributed by atoms with Crippen molar-refractivity contribution in [2.24, 2.45) is 0 Å². The van der Waals surface area contributed by atoms with Crippen LogP contribution in [-0.2, 0) is 0 Å². The van der Waals surface area contributed by atoms with E-state index >= 15 is 0 Å². The molecule has 1 fully saturated rings. The SMILES string of the molecule is CC1(NC(=O)c2cc(O)ccc2[N+](=O)[O-])CCC1. The molecule has 2 rings (SSSR count). The van der Waals surface area contributed by atoms with Crippen molar-refractivity contribution < 1.29 is 14.8 Å². The first-order valence-corrected chi connectivity index (χ1v) is 5.71. The standard InChI is InChI=1S/C12H14N2O4/c1-12(5-2-6-12)13-11(16)9-7-8(15)3-4-10(9)14(17)18/h3-4,7,15H,2,5-6H2,1H3,(H,13,16). The van der Waals surface area contributed by atoms with E-state index in [1.165, 1.54) is 6.07 Å². The van der Waals surface area contributed by atoms with Crippen LogP contribution in [0.15, 0.2) is 18.2 Å². The van der Waals surface area contributed by atoms with Gasteiger partial charge in [-0.25, -0.2) is 0 Å². The quantitative estimate of drug-likeness (QED) is 0.633. The Morgan fingerprint density at radius 1 is 1.50 bits per heavy atom. The zero-order valence-electron chi connectivity index (χ0n) is 9.97. The molecule has 6 heteroatoms. The van der Waals surface area contributed by atoms with Gasteiger partial charge in [0.15, 0.2) is 0 Å². The maximum absolute atomic E-state index is 12.0. The van der Waals surface area contributed by atoms with E-state index in [2.05, 4.69) is 5.32 Å². The lowest BCUT2D eigenvalue weighted by molar-refractivity contribution is -0.385. The van der Waals surface area contributed by atoms with Gasteiger partial charge in [-0.3, -0.25) is 14.9 Å². The first-order chi connectivity index (χ1) is 8.41. The Bertz CT molecular complexity index is 509. The zero-order chi connectivity index (χ0) is 13.3. The minimum absolute atomic E-state index is 0.104. The van der Waals surface area contributed by atoms with E-state index in [1.807, 2.05) is 6.92 Å². The summed E-state index contributed by atoms with van der Waals surface area (Å²) in [6.07, 6.45) is 2.77. The van der Waals surface area contributed by atoms with Crippen molar-refractivity contribution in [3.8, 4) is 5.75 Å². The highest BCUT2D eigenvalue weighted by molar-refractivity contribution is 5.99. The fourth-order valence-corrected chi connectivity index (χ4v) is 2.04. The first-order valence-electron chi connectivity index (χ1n) is 5.71. The second-order valence-electron chi connectivity index (χ2n) is 4.83. The third-order valence-electron chi connectivity index (χ3n) is 3.29. The molecule has 1 saturated carbocycles. The predicted molar refractivity (Wildman–Crippen MR) is 64.5 cm³/mol. The molecule has 0 unspecified atom stereocenters. The van der Waals surface area contributed by atoms with Crippen LogP contribution in [0, 0.1) is 10.1 Å². The number of hydrogen-bond acceptors (Lipinski definition) is 4. The number of hydrogen-bond donors (Lipinski definition) is 2. The number of aromatic hydroxyl groups is 1. The molecular formula is C12H14N2O4. The largest absolute Gasteiger partial charge is 0.508 e. The molecule has 0 bridgehead atoms. The van der Waals surface area contributed by atoms with E-state index in [-0.39, 0.29) is 22.5 Å². The lowest BCUT2D eigenvalue weighted by Gasteiger charge is -2.39. The molecule has 1 aromatic rings. The number of carbonyl (C=O) groups excluding carboxylic acids is 1. The normalized spacial score (nSPS) is 16.7. The second kappa shape index (κ2) is 4.29. The molecule has 0 atom stereocenters. The Labute approximate surface area is 104 Å². The Morgan fingerprint density at radius 2 is 2.17 bits per heavy atom. The van der Waals surface area contributed by atoms with E-state index in [4.69, 9.17) is 0 Å². The van der Waals surface area contributed by atoms with Crippen molar-refractivity contribution in [1.29, 1.82) is 0 Å². The zero-order valence-corrected chi connectivity index (χ0v) is 9.97. The van der Waals surface area contributed by atoms with Crippen LogP contribution in [0.5, 0.6) is 5.75 Å². The van der Waals surface area contributed by atoms with E-state index < -0.39 is 10.8 Å². The van der Waals surface area contributed by atoms with Crippen LogP contribution in [0.3, 0.4) is 0 Å². The number of nitrogens with one attached hydrogen (secondary N) is 1. The predicted octanol–water partition coefficient (Wildman–Crippen LogP) is 1.97. The van der Waals surface area contributed by atoms with Crippen LogP contribution in [0.2, 0.25) is 0 Å². The van der Waals surface area contributed by atoms with Gasteiger partial charge in [0.2, 0.25) is 0 Å². The Hall–Kier alpha value is -2.11. The minimum atomic E-state index is -0.628. The maximum atomic E-state index is 12.0. The molecule has 0 saturated heterocycles. The second-order valence-corrected chi connectivity index (χ2v) is 4.83. The molecule has 18 heavy (non-hydrogen) atoms. The van der Waals surface area contributed by atoms with Gasteiger partial charge in [-0.1, -0.05) is 0 Å². The van der Waals surface area contributed by atoms with Crippen LogP contribution in [0.25, 0.3) is 0 Å². The summed E-state index contributed by atoms with van der Waals surface area (Å²) in [5, 5.41) is 22.9. The molecule has 2 N–H and O–H groups in total. The number of rotatable bonds is 3. The maximum Gasteiger partial charge on any atom is 0.282 e. The molecule has 1 amide bonds. The smallest absolute Gasteiger partial charge is 0.282 e. The number of amides is 1. The van der Waals surface area contributed by atoms with Gasteiger partial charge >= 0.3 is 0 Å². The summed E-state index contributed by atoms with van der Waals surface area (Å²) < 4.78 is 0. The van der Waals surface area contributed by atoms with E-state index in [0.717, 1.165) is 31.4 Å². The van der Waals surface area contributed by atoms with Crippen LogP contribution in [0.4, 0.5) is 5.69 Å². The molecule has 1 aliphatic carbocycles. The molecule has 96 valence electrons. The fourth-order valence-electron chi connectivity index (χ4n) is 2.04. The number of phenols is 1. The van der Waals surface area contributed by atoms with E-state index in [0.29, 0.717) is 0 Å². The highest BCUT2D eigenvalue weighted by Crippen LogP contribution is 2.32. The third kappa shape index (κ3) is 2.27. The topological polar surface area (TPSA) is 92.5 Å². The fraction of sp³-hybridized carbons (Fsp3) is 0.417. The monoisotopic (exact) mass is 250 g/mol.